The lowest BCUT2D eigenvalue weighted by Gasteiger charge is -2.31. The third-order valence-electron chi connectivity index (χ3n) is 4.76. The maximum atomic E-state index is 13.0. The lowest BCUT2D eigenvalue weighted by atomic mass is 10.0. The van der Waals surface area contributed by atoms with Gasteiger partial charge in [0, 0.05) is 18.3 Å². The van der Waals surface area contributed by atoms with Gasteiger partial charge in [0.05, 0.1) is 17.2 Å². The number of phenolic OH excluding ortho intramolecular Hbond substituents is 1. The standard InChI is InChI=1S/C18H20F3N3O2/c1-11-22-9-15(14-6-5-12(8-16(14)25)18(19,20)21)17(26)24(11)13-4-3-7-23(2)10-13/h5-6,8-9,13,25H,3-4,7,10H2,1-2H3. The summed E-state index contributed by atoms with van der Waals surface area (Å²) in [5.74, 6) is -0.0414. The van der Waals surface area contributed by atoms with Gasteiger partial charge in [0.15, 0.2) is 0 Å². The highest BCUT2D eigenvalue weighted by atomic mass is 19.4. The summed E-state index contributed by atoms with van der Waals surface area (Å²) in [6.45, 7) is 3.38. The number of likely N-dealkylation sites (tertiary alicyclic amines) is 1. The molecule has 0 radical (unpaired) electrons. The van der Waals surface area contributed by atoms with Crippen LogP contribution in [0.15, 0.2) is 29.2 Å². The van der Waals surface area contributed by atoms with Crippen LogP contribution in [0.1, 0.15) is 30.3 Å². The van der Waals surface area contributed by atoms with Crippen LogP contribution in [0.2, 0.25) is 0 Å². The van der Waals surface area contributed by atoms with E-state index in [0.29, 0.717) is 18.4 Å². The van der Waals surface area contributed by atoms with Crippen molar-refractivity contribution in [3.8, 4) is 16.9 Å². The van der Waals surface area contributed by atoms with Crippen molar-refractivity contribution in [3.63, 3.8) is 0 Å². The van der Waals surface area contributed by atoms with Gasteiger partial charge in [-0.1, -0.05) is 0 Å². The van der Waals surface area contributed by atoms with Crippen molar-refractivity contribution in [2.24, 2.45) is 0 Å². The molecule has 2 heterocycles. The van der Waals surface area contributed by atoms with Crippen LogP contribution in [0.4, 0.5) is 13.2 Å². The van der Waals surface area contributed by atoms with E-state index in [9.17, 15) is 23.1 Å². The van der Waals surface area contributed by atoms with Gasteiger partial charge in [0.2, 0.25) is 0 Å². The number of aromatic nitrogens is 2. The highest BCUT2D eigenvalue weighted by Crippen LogP contribution is 2.35. The Bertz CT molecular complexity index is 877. The van der Waals surface area contributed by atoms with E-state index in [-0.39, 0.29) is 22.7 Å². The maximum absolute atomic E-state index is 13.0. The van der Waals surface area contributed by atoms with E-state index in [2.05, 4.69) is 9.88 Å². The number of hydrogen-bond donors (Lipinski definition) is 1. The Hall–Kier alpha value is -2.35. The topological polar surface area (TPSA) is 58.4 Å². The number of nitrogens with zero attached hydrogens (tertiary/aromatic N) is 3. The van der Waals surface area contributed by atoms with Gasteiger partial charge in [0.25, 0.3) is 5.56 Å². The number of alkyl halides is 3. The zero-order valence-corrected chi connectivity index (χ0v) is 14.5. The minimum Gasteiger partial charge on any atom is -0.507 e. The van der Waals surface area contributed by atoms with Gasteiger partial charge in [-0.15, -0.1) is 0 Å². The van der Waals surface area contributed by atoms with Crippen LogP contribution in [-0.4, -0.2) is 39.7 Å². The number of phenols is 1. The number of likely N-dealkylation sites (N-methyl/N-ethyl adjacent to an activating group) is 1. The molecule has 1 saturated heterocycles. The minimum absolute atomic E-state index is 0.0495. The van der Waals surface area contributed by atoms with Crippen LogP contribution >= 0.6 is 0 Å². The number of benzene rings is 1. The predicted octanol–water partition coefficient (Wildman–Crippen LogP) is 3.21. The van der Waals surface area contributed by atoms with Crippen molar-refractivity contribution in [3.05, 3.63) is 46.1 Å². The molecular weight excluding hydrogens is 347 g/mol. The zero-order valence-electron chi connectivity index (χ0n) is 14.5. The molecule has 0 spiro atoms. The number of piperidine rings is 1. The monoisotopic (exact) mass is 367 g/mol. The van der Waals surface area contributed by atoms with Crippen molar-refractivity contribution in [2.45, 2.75) is 32.0 Å². The van der Waals surface area contributed by atoms with E-state index >= 15 is 0 Å². The molecule has 1 aliphatic heterocycles. The summed E-state index contributed by atoms with van der Waals surface area (Å²) in [7, 11) is 1.98. The first-order chi connectivity index (χ1) is 12.2. The first-order valence-electron chi connectivity index (χ1n) is 8.35. The van der Waals surface area contributed by atoms with Crippen LogP contribution < -0.4 is 5.56 Å². The fraction of sp³-hybridized carbons (Fsp3) is 0.444. The summed E-state index contributed by atoms with van der Waals surface area (Å²) in [6.07, 6.45) is -1.48. The summed E-state index contributed by atoms with van der Waals surface area (Å²) in [5, 5.41) is 10.1. The summed E-state index contributed by atoms with van der Waals surface area (Å²) in [5.41, 5.74) is -1.18. The Labute approximate surface area is 148 Å². The first-order valence-corrected chi connectivity index (χ1v) is 8.35. The van der Waals surface area contributed by atoms with Crippen LogP contribution in [0.3, 0.4) is 0 Å². The lowest BCUT2D eigenvalue weighted by Crippen LogP contribution is -2.39. The van der Waals surface area contributed by atoms with Gasteiger partial charge in [-0.3, -0.25) is 9.36 Å². The zero-order chi connectivity index (χ0) is 19.1. The molecule has 0 aliphatic carbocycles. The van der Waals surface area contributed by atoms with Gasteiger partial charge in [-0.05, 0) is 51.6 Å². The molecule has 0 saturated carbocycles. The summed E-state index contributed by atoms with van der Waals surface area (Å²) >= 11 is 0. The van der Waals surface area contributed by atoms with Gasteiger partial charge in [-0.25, -0.2) is 4.98 Å². The molecule has 1 aromatic carbocycles. The first kappa shape index (κ1) is 18.4. The van der Waals surface area contributed by atoms with Crippen LogP contribution in [0.25, 0.3) is 11.1 Å². The van der Waals surface area contributed by atoms with E-state index in [1.807, 2.05) is 7.05 Å². The van der Waals surface area contributed by atoms with E-state index < -0.39 is 17.5 Å². The van der Waals surface area contributed by atoms with E-state index in [0.717, 1.165) is 31.5 Å². The van der Waals surface area contributed by atoms with Crippen molar-refractivity contribution < 1.29 is 18.3 Å². The smallest absolute Gasteiger partial charge is 0.416 e. The molecule has 1 fully saturated rings. The molecular formula is C18H20F3N3O2. The Kier molecular flexibility index (Phi) is 4.79. The van der Waals surface area contributed by atoms with Gasteiger partial charge >= 0.3 is 6.18 Å². The second-order valence-electron chi connectivity index (χ2n) is 6.68. The van der Waals surface area contributed by atoms with E-state index in [1.54, 1.807) is 11.5 Å². The Morgan fingerprint density at radius 1 is 1.27 bits per heavy atom. The Balaban J connectivity index is 2.07. The number of aryl methyl sites for hydroxylation is 1. The fourth-order valence-corrected chi connectivity index (χ4v) is 3.45. The van der Waals surface area contributed by atoms with Crippen molar-refractivity contribution in [2.75, 3.05) is 20.1 Å². The molecule has 0 bridgehead atoms. The molecule has 0 amide bonds. The molecule has 3 rings (SSSR count). The van der Waals surface area contributed by atoms with Crippen molar-refractivity contribution >= 4 is 0 Å². The normalized spacial score (nSPS) is 18.9. The predicted molar refractivity (Wildman–Crippen MR) is 91.1 cm³/mol. The third kappa shape index (κ3) is 3.46. The summed E-state index contributed by atoms with van der Waals surface area (Å²) in [6, 6.07) is 2.55. The average Bonchev–Trinajstić information content (AvgIpc) is 2.55. The van der Waals surface area contributed by atoms with Gasteiger partial charge < -0.3 is 10.0 Å². The summed E-state index contributed by atoms with van der Waals surface area (Å²) < 4.78 is 39.9. The Morgan fingerprint density at radius 2 is 2.00 bits per heavy atom. The molecule has 1 aromatic heterocycles. The van der Waals surface area contributed by atoms with Crippen molar-refractivity contribution in [1.29, 1.82) is 0 Å². The van der Waals surface area contributed by atoms with Crippen molar-refractivity contribution in [1.82, 2.24) is 14.5 Å². The van der Waals surface area contributed by atoms with Gasteiger partial charge in [0.1, 0.15) is 11.6 Å². The number of aromatic hydroxyl groups is 1. The number of rotatable bonds is 2. The molecule has 1 aliphatic rings. The molecule has 26 heavy (non-hydrogen) atoms. The second-order valence-corrected chi connectivity index (χ2v) is 6.68. The third-order valence-corrected chi connectivity index (χ3v) is 4.76. The number of hydrogen-bond acceptors (Lipinski definition) is 4. The van der Waals surface area contributed by atoms with Gasteiger partial charge in [-0.2, -0.15) is 13.2 Å². The van der Waals surface area contributed by atoms with E-state index in [1.165, 1.54) is 6.20 Å². The molecule has 1 unspecified atom stereocenters. The fourth-order valence-electron chi connectivity index (χ4n) is 3.45. The average molecular weight is 367 g/mol. The van der Waals surface area contributed by atoms with E-state index in [4.69, 9.17) is 0 Å². The van der Waals surface area contributed by atoms with Crippen LogP contribution in [0.5, 0.6) is 5.75 Å². The highest BCUT2D eigenvalue weighted by molar-refractivity contribution is 5.69. The Morgan fingerprint density at radius 3 is 2.62 bits per heavy atom. The highest BCUT2D eigenvalue weighted by Gasteiger charge is 2.31. The maximum Gasteiger partial charge on any atom is 0.416 e. The molecule has 1 N–H and O–H groups in total. The largest absolute Gasteiger partial charge is 0.507 e. The molecule has 2 aromatic rings. The summed E-state index contributed by atoms with van der Waals surface area (Å²) in [4.78, 5) is 19.4. The van der Waals surface area contributed by atoms with Crippen LogP contribution in [-0.2, 0) is 6.18 Å². The van der Waals surface area contributed by atoms with Crippen LogP contribution in [0, 0.1) is 6.92 Å². The second kappa shape index (κ2) is 6.75. The minimum atomic E-state index is -4.56. The molecule has 1 atom stereocenters. The quantitative estimate of drug-likeness (QED) is 0.886. The SMILES string of the molecule is Cc1ncc(-c2ccc(C(F)(F)F)cc2O)c(=O)n1C1CCCN(C)C1. The number of halogens is 3. The molecule has 140 valence electrons. The molecule has 5 nitrogen and oxygen atoms in total. The molecule has 8 heteroatoms. The lowest BCUT2D eigenvalue weighted by molar-refractivity contribution is -0.137.